The lowest BCUT2D eigenvalue weighted by Gasteiger charge is -2.25. The molecule has 1 aliphatic rings. The lowest BCUT2D eigenvalue weighted by molar-refractivity contribution is -0.155. The highest BCUT2D eigenvalue weighted by atomic mass is 79.9. The Kier molecular flexibility index (Phi) is 6.27. The highest BCUT2D eigenvalue weighted by Crippen LogP contribution is 2.27. The molecule has 0 bridgehead atoms. The number of benzene rings is 2. The Bertz CT molecular complexity index is 704. The van der Waals surface area contributed by atoms with Gasteiger partial charge in [-0.2, -0.15) is 0 Å². The normalized spacial score (nSPS) is 18.9. The summed E-state index contributed by atoms with van der Waals surface area (Å²) in [7, 11) is 0. The fourth-order valence-electron chi connectivity index (χ4n) is 3.41. The summed E-state index contributed by atoms with van der Waals surface area (Å²) in [6.45, 7) is 3.80. The molecule has 0 amide bonds. The highest BCUT2D eigenvalue weighted by molar-refractivity contribution is 9.10. The summed E-state index contributed by atoms with van der Waals surface area (Å²) < 4.78 is 6.90. The van der Waals surface area contributed by atoms with Crippen LogP contribution in [0.4, 0.5) is 0 Å². The predicted molar refractivity (Wildman–Crippen MR) is 103 cm³/mol. The van der Waals surface area contributed by atoms with Crippen LogP contribution < -0.4 is 0 Å². The summed E-state index contributed by atoms with van der Waals surface area (Å²) >= 11 is 3.49. The van der Waals surface area contributed by atoms with Crippen molar-refractivity contribution in [1.29, 1.82) is 0 Å². The van der Waals surface area contributed by atoms with E-state index in [0.717, 1.165) is 42.4 Å². The van der Waals surface area contributed by atoms with Crippen molar-refractivity contribution in [3.63, 3.8) is 0 Å². The maximum absolute atomic E-state index is 12.8. The molecule has 1 saturated heterocycles. The molecule has 132 valence electrons. The Hall–Kier alpha value is -1.65. The first kappa shape index (κ1) is 18.2. The van der Waals surface area contributed by atoms with Crippen molar-refractivity contribution in [3.05, 3.63) is 70.2 Å². The molecule has 0 aromatic heterocycles. The number of nitrogens with zero attached hydrogens (tertiary/aromatic N) is 1. The Labute approximate surface area is 158 Å². The monoisotopic (exact) mass is 401 g/mol. The van der Waals surface area contributed by atoms with Gasteiger partial charge >= 0.3 is 5.97 Å². The average molecular weight is 402 g/mol. The van der Waals surface area contributed by atoms with Crippen molar-refractivity contribution < 1.29 is 9.53 Å². The molecule has 1 aliphatic heterocycles. The highest BCUT2D eigenvalue weighted by Gasteiger charge is 2.33. The van der Waals surface area contributed by atoms with E-state index in [1.54, 1.807) is 0 Å². The van der Waals surface area contributed by atoms with Crippen molar-refractivity contribution in [2.24, 2.45) is 0 Å². The number of halogens is 1. The third-order valence-electron chi connectivity index (χ3n) is 4.71. The summed E-state index contributed by atoms with van der Waals surface area (Å²) in [6, 6.07) is 18.2. The van der Waals surface area contributed by atoms with Crippen LogP contribution >= 0.6 is 15.9 Å². The van der Waals surface area contributed by atoms with Crippen molar-refractivity contribution in [2.75, 3.05) is 6.54 Å². The first-order valence-electron chi connectivity index (χ1n) is 8.91. The molecule has 2 unspecified atom stereocenters. The van der Waals surface area contributed by atoms with Gasteiger partial charge in [0.2, 0.25) is 0 Å². The molecule has 2 aromatic carbocycles. The minimum Gasteiger partial charge on any atom is -0.456 e. The van der Waals surface area contributed by atoms with Crippen LogP contribution in [-0.4, -0.2) is 23.5 Å². The van der Waals surface area contributed by atoms with E-state index >= 15 is 0 Å². The minimum absolute atomic E-state index is 0.0970. The van der Waals surface area contributed by atoms with E-state index in [1.165, 1.54) is 5.56 Å². The minimum atomic E-state index is -0.191. The Morgan fingerprint density at radius 1 is 1.24 bits per heavy atom. The number of hydrogen-bond donors (Lipinski definition) is 0. The van der Waals surface area contributed by atoms with Crippen molar-refractivity contribution in [3.8, 4) is 0 Å². The van der Waals surface area contributed by atoms with Gasteiger partial charge in [-0.05, 0) is 49.1 Å². The van der Waals surface area contributed by atoms with Gasteiger partial charge in [0.25, 0.3) is 0 Å². The molecule has 2 aromatic rings. The summed E-state index contributed by atoms with van der Waals surface area (Å²) in [5, 5.41) is 0. The molecule has 4 heteroatoms. The molecule has 3 rings (SSSR count). The van der Waals surface area contributed by atoms with Crippen LogP contribution in [0.2, 0.25) is 0 Å². The first-order valence-corrected chi connectivity index (χ1v) is 9.70. The van der Waals surface area contributed by atoms with Crippen molar-refractivity contribution >= 4 is 21.9 Å². The standard InChI is InChI=1S/C21H24BrNO2/c1-2-20(17-10-6-11-18(22)14-17)25-21(24)19-12-7-13-23(19)15-16-8-4-3-5-9-16/h3-6,8-11,14,19-20H,2,7,12-13,15H2,1H3. The maximum atomic E-state index is 12.8. The van der Waals surface area contributed by atoms with E-state index in [2.05, 4.69) is 39.9 Å². The summed E-state index contributed by atoms with van der Waals surface area (Å²) in [5.41, 5.74) is 2.28. The molecule has 3 nitrogen and oxygen atoms in total. The van der Waals surface area contributed by atoms with E-state index in [4.69, 9.17) is 4.74 Å². The number of carbonyl (C=O) groups excluding carboxylic acids is 1. The van der Waals surface area contributed by atoms with Crippen LogP contribution in [-0.2, 0) is 16.1 Å². The molecule has 0 aliphatic carbocycles. The van der Waals surface area contributed by atoms with Gasteiger partial charge in [0.15, 0.2) is 0 Å². The van der Waals surface area contributed by atoms with Gasteiger partial charge in [-0.3, -0.25) is 9.69 Å². The molecule has 0 radical (unpaired) electrons. The van der Waals surface area contributed by atoms with Crippen LogP contribution in [0, 0.1) is 0 Å². The second-order valence-corrected chi connectivity index (χ2v) is 7.42. The van der Waals surface area contributed by atoms with Crippen LogP contribution in [0.1, 0.15) is 43.4 Å². The Balaban J connectivity index is 1.66. The van der Waals surface area contributed by atoms with Gasteiger partial charge in [0.05, 0.1) is 0 Å². The van der Waals surface area contributed by atoms with Gasteiger partial charge in [-0.15, -0.1) is 0 Å². The number of carbonyl (C=O) groups is 1. The number of ether oxygens (including phenoxy) is 1. The molecule has 0 saturated carbocycles. The topological polar surface area (TPSA) is 29.5 Å². The van der Waals surface area contributed by atoms with Gasteiger partial charge < -0.3 is 4.74 Å². The van der Waals surface area contributed by atoms with Gasteiger partial charge in [-0.1, -0.05) is 65.3 Å². The van der Waals surface area contributed by atoms with Crippen molar-refractivity contribution in [1.82, 2.24) is 4.90 Å². The number of rotatable bonds is 6. The molecule has 25 heavy (non-hydrogen) atoms. The lowest BCUT2D eigenvalue weighted by Crippen LogP contribution is -2.37. The molecular formula is C21H24BrNO2. The predicted octanol–water partition coefficient (Wildman–Crippen LogP) is 5.11. The van der Waals surface area contributed by atoms with Crippen LogP contribution in [0.15, 0.2) is 59.1 Å². The van der Waals surface area contributed by atoms with Crippen molar-refractivity contribution in [2.45, 2.75) is 44.9 Å². The third kappa shape index (κ3) is 4.71. The molecule has 2 atom stereocenters. The number of esters is 1. The fraction of sp³-hybridized carbons (Fsp3) is 0.381. The van der Waals surface area contributed by atoms with E-state index in [9.17, 15) is 4.79 Å². The molecule has 1 heterocycles. The smallest absolute Gasteiger partial charge is 0.323 e. The van der Waals surface area contributed by atoms with Crippen LogP contribution in [0.5, 0.6) is 0 Å². The van der Waals surface area contributed by atoms with Gasteiger partial charge in [-0.25, -0.2) is 0 Å². The number of hydrogen-bond acceptors (Lipinski definition) is 3. The number of likely N-dealkylation sites (tertiary alicyclic amines) is 1. The van der Waals surface area contributed by atoms with E-state index in [1.807, 2.05) is 42.5 Å². The second-order valence-electron chi connectivity index (χ2n) is 6.50. The van der Waals surface area contributed by atoms with E-state index in [-0.39, 0.29) is 18.1 Å². The zero-order valence-corrected chi connectivity index (χ0v) is 16.1. The molecular weight excluding hydrogens is 378 g/mol. The molecule has 1 fully saturated rings. The zero-order valence-electron chi connectivity index (χ0n) is 14.5. The third-order valence-corrected chi connectivity index (χ3v) is 5.21. The van der Waals surface area contributed by atoms with Gasteiger partial charge in [0, 0.05) is 11.0 Å². The molecule has 0 N–H and O–H groups in total. The van der Waals surface area contributed by atoms with E-state index in [0.29, 0.717) is 0 Å². The Morgan fingerprint density at radius 2 is 2.04 bits per heavy atom. The first-order chi connectivity index (χ1) is 12.2. The summed E-state index contributed by atoms with van der Waals surface area (Å²) in [5.74, 6) is -0.0970. The van der Waals surface area contributed by atoms with Crippen LogP contribution in [0.25, 0.3) is 0 Å². The molecule has 0 spiro atoms. The largest absolute Gasteiger partial charge is 0.456 e. The van der Waals surface area contributed by atoms with E-state index < -0.39 is 0 Å². The SMILES string of the molecule is CCC(OC(=O)C1CCCN1Cc1ccccc1)c1cccc(Br)c1. The lowest BCUT2D eigenvalue weighted by atomic mass is 10.1. The Morgan fingerprint density at radius 3 is 2.76 bits per heavy atom. The maximum Gasteiger partial charge on any atom is 0.323 e. The fourth-order valence-corrected chi connectivity index (χ4v) is 3.83. The summed E-state index contributed by atoms with van der Waals surface area (Å²) in [4.78, 5) is 15.0. The average Bonchev–Trinajstić information content (AvgIpc) is 3.08. The second kappa shape index (κ2) is 8.63. The summed E-state index contributed by atoms with van der Waals surface area (Å²) in [6.07, 6.45) is 2.50. The van der Waals surface area contributed by atoms with Crippen LogP contribution in [0.3, 0.4) is 0 Å². The van der Waals surface area contributed by atoms with Gasteiger partial charge in [0.1, 0.15) is 12.1 Å². The zero-order chi connectivity index (χ0) is 17.6. The quantitative estimate of drug-likeness (QED) is 0.629.